The number of ether oxygens (including phenoxy) is 1. The van der Waals surface area contributed by atoms with Crippen molar-refractivity contribution in [2.75, 3.05) is 18.2 Å². The third-order valence-corrected chi connectivity index (χ3v) is 5.31. The molecule has 1 N–H and O–H groups in total. The molecule has 3 aromatic rings. The number of hydrogen-bond donors (Lipinski definition) is 1. The van der Waals surface area contributed by atoms with Crippen LogP contribution in [0.15, 0.2) is 57.8 Å². The Labute approximate surface area is 156 Å². The van der Waals surface area contributed by atoms with Crippen molar-refractivity contribution >= 4 is 21.8 Å². The zero-order valence-electron chi connectivity index (χ0n) is 14.7. The molecule has 0 saturated carbocycles. The molecular formula is C18H17N3O5S. The Kier molecular flexibility index (Phi) is 5.22. The van der Waals surface area contributed by atoms with Crippen LogP contribution in [-0.4, -0.2) is 37.4 Å². The van der Waals surface area contributed by atoms with Crippen molar-refractivity contribution in [1.82, 2.24) is 10.2 Å². The Bertz CT molecular complexity index is 1060. The average Bonchev–Trinajstić information content (AvgIpc) is 3.09. The number of sulfone groups is 1. The number of carbonyl (C=O) groups excluding carboxylic acids is 1. The predicted octanol–water partition coefficient (Wildman–Crippen LogP) is 2.47. The first-order valence-corrected chi connectivity index (χ1v) is 9.60. The van der Waals surface area contributed by atoms with Crippen LogP contribution in [0.3, 0.4) is 0 Å². The zero-order chi connectivity index (χ0) is 19.4. The number of aromatic nitrogens is 2. The number of rotatable bonds is 6. The van der Waals surface area contributed by atoms with Crippen molar-refractivity contribution in [2.45, 2.75) is 11.8 Å². The highest BCUT2D eigenvalue weighted by Crippen LogP contribution is 2.21. The van der Waals surface area contributed by atoms with Crippen LogP contribution in [0, 0.1) is 6.92 Å². The molecule has 0 saturated heterocycles. The van der Waals surface area contributed by atoms with E-state index in [4.69, 9.17) is 9.15 Å². The van der Waals surface area contributed by atoms with Crippen LogP contribution < -0.4 is 10.1 Å². The quantitative estimate of drug-likeness (QED) is 0.691. The fraction of sp³-hybridized carbons (Fsp3) is 0.167. The van der Waals surface area contributed by atoms with Crippen LogP contribution >= 0.6 is 0 Å². The highest BCUT2D eigenvalue weighted by Gasteiger charge is 2.21. The molecule has 2 aromatic carbocycles. The number of methoxy groups -OCH3 is 1. The first kappa shape index (κ1) is 18.6. The molecule has 0 bridgehead atoms. The summed E-state index contributed by atoms with van der Waals surface area (Å²) in [5.41, 5.74) is 1.72. The second kappa shape index (κ2) is 7.58. The maximum atomic E-state index is 12.3. The summed E-state index contributed by atoms with van der Waals surface area (Å²) in [6.07, 6.45) is 0. The summed E-state index contributed by atoms with van der Waals surface area (Å²) in [6.45, 7) is 1.92. The van der Waals surface area contributed by atoms with E-state index in [9.17, 15) is 13.2 Å². The zero-order valence-corrected chi connectivity index (χ0v) is 15.5. The molecule has 1 heterocycles. The average molecular weight is 387 g/mol. The first-order valence-electron chi connectivity index (χ1n) is 7.94. The third kappa shape index (κ3) is 4.50. The highest BCUT2D eigenvalue weighted by atomic mass is 32.2. The molecule has 3 rings (SSSR count). The minimum absolute atomic E-state index is 0.0180. The van der Waals surface area contributed by atoms with Gasteiger partial charge in [-0.3, -0.25) is 10.1 Å². The lowest BCUT2D eigenvalue weighted by Gasteiger charge is -2.05. The molecule has 0 aliphatic carbocycles. The van der Waals surface area contributed by atoms with E-state index in [1.165, 1.54) is 31.4 Å². The number of nitrogens with zero attached hydrogens (tertiary/aromatic N) is 2. The lowest BCUT2D eigenvalue weighted by molar-refractivity contribution is -0.114. The molecule has 27 heavy (non-hydrogen) atoms. The Morgan fingerprint density at radius 1 is 1.15 bits per heavy atom. The van der Waals surface area contributed by atoms with Gasteiger partial charge in [0.2, 0.25) is 11.8 Å². The van der Waals surface area contributed by atoms with Gasteiger partial charge in [0.25, 0.3) is 0 Å². The third-order valence-electron chi connectivity index (χ3n) is 3.68. The Morgan fingerprint density at radius 3 is 2.56 bits per heavy atom. The molecule has 140 valence electrons. The molecule has 8 nitrogen and oxygen atoms in total. The fourth-order valence-corrected chi connectivity index (χ4v) is 3.50. The predicted molar refractivity (Wildman–Crippen MR) is 98.1 cm³/mol. The summed E-state index contributed by atoms with van der Waals surface area (Å²) < 4.78 is 35.0. The van der Waals surface area contributed by atoms with E-state index in [2.05, 4.69) is 15.5 Å². The number of hydrogen-bond acceptors (Lipinski definition) is 7. The van der Waals surface area contributed by atoms with Crippen LogP contribution in [-0.2, 0) is 14.6 Å². The molecule has 0 unspecified atom stereocenters. The molecule has 0 aliphatic rings. The van der Waals surface area contributed by atoms with Gasteiger partial charge in [0.1, 0.15) is 11.5 Å². The number of amides is 1. The van der Waals surface area contributed by atoms with E-state index in [0.717, 1.165) is 5.56 Å². The van der Waals surface area contributed by atoms with Crippen molar-refractivity contribution in [3.05, 3.63) is 54.1 Å². The molecule has 9 heteroatoms. The van der Waals surface area contributed by atoms with Crippen LogP contribution in [0.4, 0.5) is 6.01 Å². The molecule has 0 atom stereocenters. The number of anilines is 1. The summed E-state index contributed by atoms with van der Waals surface area (Å²) in [4.78, 5) is 12.1. The monoisotopic (exact) mass is 387 g/mol. The topological polar surface area (TPSA) is 111 Å². The summed E-state index contributed by atoms with van der Waals surface area (Å²) in [5, 5.41) is 9.90. The summed E-state index contributed by atoms with van der Waals surface area (Å²) in [6, 6.07) is 13.0. The summed E-state index contributed by atoms with van der Waals surface area (Å²) >= 11 is 0. The van der Waals surface area contributed by atoms with Gasteiger partial charge in [-0.15, -0.1) is 5.10 Å². The van der Waals surface area contributed by atoms with E-state index >= 15 is 0 Å². The molecular weight excluding hydrogens is 370 g/mol. The molecule has 0 spiro atoms. The normalized spacial score (nSPS) is 11.2. The van der Waals surface area contributed by atoms with Crippen molar-refractivity contribution in [3.8, 4) is 17.2 Å². The highest BCUT2D eigenvalue weighted by molar-refractivity contribution is 7.92. The number of carbonyl (C=O) groups is 1. The van der Waals surface area contributed by atoms with Crippen LogP contribution in [0.2, 0.25) is 0 Å². The van der Waals surface area contributed by atoms with Gasteiger partial charge in [-0.05, 0) is 43.3 Å². The molecule has 1 amide bonds. The van der Waals surface area contributed by atoms with Crippen molar-refractivity contribution < 1.29 is 22.4 Å². The van der Waals surface area contributed by atoms with Gasteiger partial charge in [0, 0.05) is 5.56 Å². The van der Waals surface area contributed by atoms with Gasteiger partial charge >= 0.3 is 6.01 Å². The van der Waals surface area contributed by atoms with Gasteiger partial charge in [-0.2, -0.15) is 0 Å². The number of benzene rings is 2. The molecule has 0 radical (unpaired) electrons. The van der Waals surface area contributed by atoms with Crippen LogP contribution in [0.25, 0.3) is 11.5 Å². The SMILES string of the molecule is COc1ccc(S(=O)(=O)CC(=O)Nc2nnc(-c3cccc(C)c3)o2)cc1. The minimum Gasteiger partial charge on any atom is -0.497 e. The Morgan fingerprint density at radius 2 is 1.89 bits per heavy atom. The Balaban J connectivity index is 1.68. The molecule has 1 aromatic heterocycles. The maximum absolute atomic E-state index is 12.3. The van der Waals surface area contributed by atoms with Gasteiger partial charge in [0.05, 0.1) is 12.0 Å². The van der Waals surface area contributed by atoms with Gasteiger partial charge in [-0.1, -0.05) is 22.8 Å². The number of nitrogens with one attached hydrogen (secondary N) is 1. The minimum atomic E-state index is -3.81. The van der Waals surface area contributed by atoms with Gasteiger partial charge in [0.15, 0.2) is 9.84 Å². The summed E-state index contributed by atoms with van der Waals surface area (Å²) in [5.74, 6) is -0.771. The van der Waals surface area contributed by atoms with Crippen LogP contribution in [0.5, 0.6) is 5.75 Å². The standard InChI is InChI=1S/C18H17N3O5S/c1-12-4-3-5-13(10-12)17-20-21-18(26-17)19-16(22)11-27(23,24)15-8-6-14(25-2)7-9-15/h3-10H,11H2,1-2H3,(H,19,21,22). The van der Waals surface area contributed by atoms with E-state index in [0.29, 0.717) is 11.3 Å². The largest absolute Gasteiger partial charge is 0.497 e. The van der Waals surface area contributed by atoms with Crippen molar-refractivity contribution in [3.63, 3.8) is 0 Å². The Hall–Kier alpha value is -3.20. The van der Waals surface area contributed by atoms with E-state index in [1.54, 1.807) is 6.07 Å². The van der Waals surface area contributed by atoms with Crippen molar-refractivity contribution in [2.24, 2.45) is 0 Å². The second-order valence-corrected chi connectivity index (χ2v) is 7.75. The van der Waals surface area contributed by atoms with Gasteiger partial charge < -0.3 is 9.15 Å². The van der Waals surface area contributed by atoms with Crippen LogP contribution in [0.1, 0.15) is 5.56 Å². The van der Waals surface area contributed by atoms with Gasteiger partial charge in [-0.25, -0.2) is 8.42 Å². The lowest BCUT2D eigenvalue weighted by atomic mass is 10.1. The van der Waals surface area contributed by atoms with E-state index in [1.807, 2.05) is 25.1 Å². The number of aryl methyl sites for hydroxylation is 1. The van der Waals surface area contributed by atoms with E-state index < -0.39 is 21.5 Å². The first-order chi connectivity index (χ1) is 12.9. The summed E-state index contributed by atoms with van der Waals surface area (Å²) in [7, 11) is -2.33. The van der Waals surface area contributed by atoms with E-state index in [-0.39, 0.29) is 16.8 Å². The smallest absolute Gasteiger partial charge is 0.322 e. The molecule has 0 aliphatic heterocycles. The fourth-order valence-electron chi connectivity index (χ4n) is 2.36. The van der Waals surface area contributed by atoms with Crippen molar-refractivity contribution in [1.29, 1.82) is 0 Å². The second-order valence-electron chi connectivity index (χ2n) is 5.76. The molecule has 0 fully saturated rings. The lowest BCUT2D eigenvalue weighted by Crippen LogP contribution is -2.23. The maximum Gasteiger partial charge on any atom is 0.322 e.